The zero-order valence-corrected chi connectivity index (χ0v) is 12.0. The number of nitrogens with one attached hydrogen (secondary N) is 1. The van der Waals surface area contributed by atoms with E-state index < -0.39 is 5.97 Å². The van der Waals surface area contributed by atoms with Crippen molar-refractivity contribution in [3.8, 4) is 0 Å². The van der Waals surface area contributed by atoms with Crippen LogP contribution in [0.5, 0.6) is 0 Å². The minimum absolute atomic E-state index is 0.188. The first-order chi connectivity index (χ1) is 10.7. The average Bonchev–Trinajstić information content (AvgIpc) is 3.01. The molecule has 5 heteroatoms. The van der Waals surface area contributed by atoms with Crippen LogP contribution in [0.2, 0.25) is 0 Å². The number of esters is 1. The quantitative estimate of drug-likeness (QED) is 0.879. The molecule has 22 heavy (non-hydrogen) atoms. The Morgan fingerprint density at radius 3 is 2.82 bits per heavy atom. The molecule has 0 aliphatic heterocycles. The lowest BCUT2D eigenvalue weighted by molar-refractivity contribution is -0.119. The maximum absolute atomic E-state index is 11.8. The van der Waals surface area contributed by atoms with E-state index in [1.165, 1.54) is 17.3 Å². The SMILES string of the molecule is O=C(COC(=O)c1ccccn1)Nc1ccc2c(c1)CCC2. The van der Waals surface area contributed by atoms with E-state index in [1.54, 1.807) is 18.2 Å². The number of hydrogen-bond acceptors (Lipinski definition) is 4. The first kappa shape index (κ1) is 14.3. The summed E-state index contributed by atoms with van der Waals surface area (Å²) in [5.74, 6) is -0.966. The minimum atomic E-state index is -0.607. The van der Waals surface area contributed by atoms with Gasteiger partial charge in [0.15, 0.2) is 6.61 Å². The maximum atomic E-state index is 11.8. The molecule has 1 aliphatic rings. The van der Waals surface area contributed by atoms with Crippen molar-refractivity contribution in [2.75, 3.05) is 11.9 Å². The molecule has 3 rings (SSSR count). The molecule has 1 aliphatic carbocycles. The number of fused-ring (bicyclic) bond motifs is 1. The summed E-state index contributed by atoms with van der Waals surface area (Å²) in [6.45, 7) is -0.327. The van der Waals surface area contributed by atoms with Gasteiger partial charge in [-0.3, -0.25) is 4.79 Å². The Hall–Kier alpha value is -2.69. The number of amides is 1. The second kappa shape index (κ2) is 6.39. The molecule has 1 amide bonds. The van der Waals surface area contributed by atoms with Crippen molar-refractivity contribution in [3.05, 3.63) is 59.4 Å². The highest BCUT2D eigenvalue weighted by atomic mass is 16.5. The van der Waals surface area contributed by atoms with E-state index in [-0.39, 0.29) is 18.2 Å². The van der Waals surface area contributed by atoms with Gasteiger partial charge in [0.25, 0.3) is 5.91 Å². The predicted molar refractivity (Wildman–Crippen MR) is 81.6 cm³/mol. The third-order valence-electron chi connectivity index (χ3n) is 3.59. The molecule has 0 saturated carbocycles. The van der Waals surface area contributed by atoms with Crippen LogP contribution in [0.15, 0.2) is 42.6 Å². The number of ether oxygens (including phenoxy) is 1. The van der Waals surface area contributed by atoms with E-state index in [2.05, 4.69) is 10.3 Å². The lowest BCUT2D eigenvalue weighted by Crippen LogP contribution is -2.21. The normalized spacial score (nSPS) is 12.5. The monoisotopic (exact) mass is 296 g/mol. The number of carbonyl (C=O) groups excluding carboxylic acids is 2. The van der Waals surface area contributed by atoms with Gasteiger partial charge in [-0.2, -0.15) is 0 Å². The maximum Gasteiger partial charge on any atom is 0.357 e. The highest BCUT2D eigenvalue weighted by Gasteiger charge is 2.13. The van der Waals surface area contributed by atoms with E-state index in [9.17, 15) is 9.59 Å². The van der Waals surface area contributed by atoms with Crippen LogP contribution in [0.1, 0.15) is 28.0 Å². The number of nitrogens with zero attached hydrogens (tertiary/aromatic N) is 1. The molecule has 0 atom stereocenters. The van der Waals surface area contributed by atoms with E-state index in [4.69, 9.17) is 4.74 Å². The fourth-order valence-electron chi connectivity index (χ4n) is 2.54. The zero-order valence-electron chi connectivity index (χ0n) is 12.0. The van der Waals surface area contributed by atoms with Gasteiger partial charge in [-0.25, -0.2) is 9.78 Å². The molecule has 0 bridgehead atoms. The van der Waals surface area contributed by atoms with Crippen molar-refractivity contribution in [1.82, 2.24) is 4.98 Å². The van der Waals surface area contributed by atoms with Gasteiger partial charge in [-0.05, 0) is 54.7 Å². The summed E-state index contributed by atoms with van der Waals surface area (Å²) in [6, 6.07) is 10.8. The van der Waals surface area contributed by atoms with Gasteiger partial charge in [0.2, 0.25) is 0 Å². The van der Waals surface area contributed by atoms with E-state index in [1.807, 2.05) is 18.2 Å². The van der Waals surface area contributed by atoms with Gasteiger partial charge >= 0.3 is 5.97 Å². The van der Waals surface area contributed by atoms with Crippen LogP contribution in [0.4, 0.5) is 5.69 Å². The molecule has 112 valence electrons. The third kappa shape index (κ3) is 3.31. The molecule has 0 radical (unpaired) electrons. The molecule has 1 N–H and O–H groups in total. The van der Waals surface area contributed by atoms with Crippen molar-refractivity contribution in [1.29, 1.82) is 0 Å². The molecule has 5 nitrogen and oxygen atoms in total. The van der Waals surface area contributed by atoms with Crippen LogP contribution in [0, 0.1) is 0 Å². The first-order valence-electron chi connectivity index (χ1n) is 7.22. The smallest absolute Gasteiger partial charge is 0.357 e. The van der Waals surface area contributed by atoms with Crippen molar-refractivity contribution in [3.63, 3.8) is 0 Å². The third-order valence-corrected chi connectivity index (χ3v) is 3.59. The first-order valence-corrected chi connectivity index (χ1v) is 7.22. The highest BCUT2D eigenvalue weighted by molar-refractivity contribution is 5.94. The number of carbonyl (C=O) groups is 2. The molecule has 2 aromatic rings. The summed E-state index contributed by atoms with van der Waals surface area (Å²) in [4.78, 5) is 27.4. The van der Waals surface area contributed by atoms with Crippen LogP contribution in [-0.2, 0) is 22.4 Å². The van der Waals surface area contributed by atoms with E-state index in [0.717, 1.165) is 24.9 Å². The van der Waals surface area contributed by atoms with E-state index >= 15 is 0 Å². The van der Waals surface area contributed by atoms with Crippen molar-refractivity contribution in [2.45, 2.75) is 19.3 Å². The molecule has 0 spiro atoms. The number of hydrogen-bond donors (Lipinski definition) is 1. The predicted octanol–water partition coefficient (Wildman–Crippen LogP) is 2.37. The molecular formula is C17H16N2O3. The second-order valence-electron chi connectivity index (χ2n) is 5.18. The molecule has 1 heterocycles. The van der Waals surface area contributed by atoms with Gasteiger partial charge < -0.3 is 10.1 Å². The lowest BCUT2D eigenvalue weighted by Gasteiger charge is -2.08. The molecule has 0 fully saturated rings. The van der Waals surface area contributed by atoms with Crippen LogP contribution in [-0.4, -0.2) is 23.5 Å². The second-order valence-corrected chi connectivity index (χ2v) is 5.18. The number of rotatable bonds is 4. The largest absolute Gasteiger partial charge is 0.451 e. The fourth-order valence-corrected chi connectivity index (χ4v) is 2.54. The van der Waals surface area contributed by atoms with Gasteiger partial charge in [0.1, 0.15) is 5.69 Å². The summed E-state index contributed by atoms with van der Waals surface area (Å²) in [6.07, 6.45) is 4.81. The van der Waals surface area contributed by atoms with Gasteiger partial charge in [-0.15, -0.1) is 0 Å². The summed E-state index contributed by atoms with van der Waals surface area (Å²) < 4.78 is 4.94. The van der Waals surface area contributed by atoms with Crippen molar-refractivity contribution in [2.24, 2.45) is 0 Å². The Morgan fingerprint density at radius 2 is 2.00 bits per heavy atom. The molecule has 0 saturated heterocycles. The number of benzene rings is 1. The fraction of sp³-hybridized carbons (Fsp3) is 0.235. The summed E-state index contributed by atoms with van der Waals surface area (Å²) >= 11 is 0. The number of aromatic nitrogens is 1. The Labute approximate surface area is 128 Å². The van der Waals surface area contributed by atoms with Gasteiger partial charge in [0, 0.05) is 11.9 Å². The minimum Gasteiger partial charge on any atom is -0.451 e. The average molecular weight is 296 g/mol. The standard InChI is InChI=1S/C17H16N2O3/c20-16(11-22-17(21)15-6-1-2-9-18-15)19-14-8-7-12-4-3-5-13(12)10-14/h1-2,6-10H,3-5,11H2,(H,19,20). The molecule has 1 aromatic heterocycles. The Morgan fingerprint density at radius 1 is 1.14 bits per heavy atom. The van der Waals surface area contributed by atoms with Crippen LogP contribution < -0.4 is 5.32 Å². The summed E-state index contributed by atoms with van der Waals surface area (Å²) in [7, 11) is 0. The zero-order chi connectivity index (χ0) is 15.4. The van der Waals surface area contributed by atoms with Crippen LogP contribution in [0.25, 0.3) is 0 Å². The van der Waals surface area contributed by atoms with Gasteiger partial charge in [0.05, 0.1) is 0 Å². The summed E-state index contributed by atoms with van der Waals surface area (Å²) in [5, 5.41) is 2.74. The molecule has 1 aromatic carbocycles. The number of anilines is 1. The lowest BCUT2D eigenvalue weighted by atomic mass is 10.1. The number of pyridine rings is 1. The van der Waals surface area contributed by atoms with Crippen molar-refractivity contribution < 1.29 is 14.3 Å². The summed E-state index contributed by atoms with van der Waals surface area (Å²) in [5.41, 5.74) is 3.55. The van der Waals surface area contributed by atoms with E-state index in [0.29, 0.717) is 0 Å². The van der Waals surface area contributed by atoms with Gasteiger partial charge in [-0.1, -0.05) is 12.1 Å². The Balaban J connectivity index is 1.53. The topological polar surface area (TPSA) is 68.3 Å². The van der Waals surface area contributed by atoms with Crippen LogP contribution in [0.3, 0.4) is 0 Å². The van der Waals surface area contributed by atoms with Crippen LogP contribution >= 0.6 is 0 Å². The molecule has 0 unspecified atom stereocenters. The Bertz CT molecular complexity index is 698. The number of aryl methyl sites for hydroxylation is 2. The highest BCUT2D eigenvalue weighted by Crippen LogP contribution is 2.24. The van der Waals surface area contributed by atoms with Crippen molar-refractivity contribution >= 4 is 17.6 Å². The Kier molecular flexibility index (Phi) is 4.14. The molecular weight excluding hydrogens is 280 g/mol.